The molecule has 0 aliphatic carbocycles. The van der Waals surface area contributed by atoms with E-state index in [4.69, 9.17) is 13.6 Å². The van der Waals surface area contributed by atoms with Gasteiger partial charge in [-0.25, -0.2) is 4.79 Å². The SMILES string of the molecule is C[Si](C)(C)Oc1nc(O[Si](C)(C)C)c2c(n1)C(=O)OC2. The van der Waals surface area contributed by atoms with Crippen LogP contribution in [0, 0.1) is 0 Å². The van der Waals surface area contributed by atoms with Gasteiger partial charge in [0.05, 0.1) is 5.56 Å². The van der Waals surface area contributed by atoms with Gasteiger partial charge in [-0.2, -0.15) is 9.97 Å². The van der Waals surface area contributed by atoms with Crippen molar-refractivity contribution in [1.82, 2.24) is 9.97 Å². The molecule has 0 radical (unpaired) electrons. The zero-order chi connectivity index (χ0) is 15.1. The normalized spacial score (nSPS) is 14.8. The number of hydrogen-bond acceptors (Lipinski definition) is 6. The van der Waals surface area contributed by atoms with E-state index < -0.39 is 22.6 Å². The maximum atomic E-state index is 11.7. The lowest BCUT2D eigenvalue weighted by molar-refractivity contribution is 0.0530. The highest BCUT2D eigenvalue weighted by atomic mass is 28.4. The second-order valence-electron chi connectivity index (χ2n) is 6.64. The number of carbonyl (C=O) groups is 1. The van der Waals surface area contributed by atoms with E-state index in [1.54, 1.807) is 0 Å². The monoisotopic (exact) mass is 312 g/mol. The fourth-order valence-corrected chi connectivity index (χ4v) is 3.03. The summed E-state index contributed by atoms with van der Waals surface area (Å²) in [6.45, 7) is 12.4. The molecule has 0 atom stereocenters. The molecule has 1 aliphatic rings. The summed E-state index contributed by atoms with van der Waals surface area (Å²) < 4.78 is 16.7. The van der Waals surface area contributed by atoms with Gasteiger partial charge in [-0.05, 0) is 39.3 Å². The van der Waals surface area contributed by atoms with Crippen molar-refractivity contribution in [2.45, 2.75) is 45.9 Å². The lowest BCUT2D eigenvalue weighted by Gasteiger charge is -2.22. The molecule has 1 aliphatic heterocycles. The molecule has 1 aromatic heterocycles. The number of cyclic esters (lactones) is 1. The summed E-state index contributed by atoms with van der Waals surface area (Å²) in [7, 11) is -3.70. The zero-order valence-corrected chi connectivity index (χ0v) is 14.7. The van der Waals surface area contributed by atoms with Gasteiger partial charge in [-0.3, -0.25) is 0 Å². The third kappa shape index (κ3) is 3.57. The summed E-state index contributed by atoms with van der Waals surface area (Å²) in [5.74, 6) is -0.0171. The van der Waals surface area contributed by atoms with Gasteiger partial charge in [0.15, 0.2) is 5.69 Å². The molecular weight excluding hydrogens is 292 g/mol. The molecule has 0 N–H and O–H groups in total. The summed E-state index contributed by atoms with van der Waals surface area (Å²) in [6, 6.07) is 0.204. The highest BCUT2D eigenvalue weighted by Gasteiger charge is 2.32. The van der Waals surface area contributed by atoms with Crippen LogP contribution in [0.25, 0.3) is 0 Å². The number of fused-ring (bicyclic) bond motifs is 1. The highest BCUT2D eigenvalue weighted by Crippen LogP contribution is 2.30. The summed E-state index contributed by atoms with van der Waals surface area (Å²) in [4.78, 5) is 20.2. The molecule has 0 amide bonds. The smallest absolute Gasteiger partial charge is 0.358 e. The van der Waals surface area contributed by atoms with E-state index in [0.29, 0.717) is 11.4 Å². The first-order chi connectivity index (χ1) is 9.05. The van der Waals surface area contributed by atoms with Crippen LogP contribution < -0.4 is 8.85 Å². The Morgan fingerprint density at radius 1 is 1.00 bits per heavy atom. The van der Waals surface area contributed by atoms with Crippen LogP contribution in [-0.2, 0) is 11.3 Å². The van der Waals surface area contributed by atoms with Gasteiger partial charge in [0.2, 0.25) is 22.5 Å². The first-order valence-corrected chi connectivity index (χ1v) is 13.3. The average molecular weight is 312 g/mol. The Hall–Kier alpha value is -1.42. The number of nitrogens with zero attached hydrogens (tertiary/aromatic N) is 2. The molecule has 2 heterocycles. The Labute approximate surface area is 120 Å². The van der Waals surface area contributed by atoms with Crippen molar-refractivity contribution in [3.8, 4) is 11.9 Å². The Balaban J connectivity index is 2.45. The number of carbonyl (C=O) groups excluding carboxylic acids is 1. The molecule has 0 spiro atoms. The van der Waals surface area contributed by atoms with Crippen molar-refractivity contribution in [2.24, 2.45) is 0 Å². The predicted molar refractivity (Wildman–Crippen MR) is 79.1 cm³/mol. The maximum Gasteiger partial charge on any atom is 0.358 e. The number of rotatable bonds is 4. The van der Waals surface area contributed by atoms with Gasteiger partial charge in [-0.1, -0.05) is 0 Å². The number of aromatic nitrogens is 2. The van der Waals surface area contributed by atoms with Crippen LogP contribution >= 0.6 is 0 Å². The summed E-state index contributed by atoms with van der Waals surface area (Å²) in [5, 5.41) is 0. The lowest BCUT2D eigenvalue weighted by atomic mass is 10.2. The quantitative estimate of drug-likeness (QED) is 0.628. The van der Waals surface area contributed by atoms with Crippen LogP contribution in [0.3, 0.4) is 0 Å². The largest absolute Gasteiger partial charge is 0.531 e. The molecular formula is C12H20N2O4Si2. The van der Waals surface area contributed by atoms with Gasteiger partial charge in [0.25, 0.3) is 0 Å². The van der Waals surface area contributed by atoms with E-state index in [-0.39, 0.29) is 18.3 Å². The lowest BCUT2D eigenvalue weighted by Crippen LogP contribution is -2.32. The highest BCUT2D eigenvalue weighted by molar-refractivity contribution is 6.70. The van der Waals surface area contributed by atoms with Crippen molar-refractivity contribution in [1.29, 1.82) is 0 Å². The van der Waals surface area contributed by atoms with E-state index in [2.05, 4.69) is 29.6 Å². The van der Waals surface area contributed by atoms with Gasteiger partial charge in [-0.15, -0.1) is 0 Å². The van der Waals surface area contributed by atoms with Gasteiger partial charge in [0, 0.05) is 0 Å². The van der Waals surface area contributed by atoms with Gasteiger partial charge < -0.3 is 13.6 Å². The van der Waals surface area contributed by atoms with E-state index in [1.807, 2.05) is 19.6 Å². The molecule has 1 aromatic rings. The fraction of sp³-hybridized carbons (Fsp3) is 0.583. The molecule has 0 aromatic carbocycles. The molecule has 8 heteroatoms. The predicted octanol–water partition coefficient (Wildman–Crippen LogP) is 2.57. The van der Waals surface area contributed by atoms with Crippen LogP contribution in [0.1, 0.15) is 16.1 Å². The minimum absolute atomic E-state index is 0.168. The van der Waals surface area contributed by atoms with Crippen LogP contribution in [0.4, 0.5) is 0 Å². The third-order valence-corrected chi connectivity index (χ3v) is 3.89. The van der Waals surface area contributed by atoms with Crippen LogP contribution in [0.15, 0.2) is 0 Å². The van der Waals surface area contributed by atoms with Gasteiger partial charge >= 0.3 is 12.0 Å². The van der Waals surface area contributed by atoms with E-state index >= 15 is 0 Å². The molecule has 0 bridgehead atoms. The van der Waals surface area contributed by atoms with E-state index in [1.165, 1.54) is 0 Å². The Bertz CT molecular complexity index is 550. The molecule has 20 heavy (non-hydrogen) atoms. The van der Waals surface area contributed by atoms with Gasteiger partial charge in [0.1, 0.15) is 6.61 Å². The minimum atomic E-state index is -1.86. The molecule has 0 saturated heterocycles. The summed E-state index contributed by atoms with van der Waals surface area (Å²) >= 11 is 0. The Kier molecular flexibility index (Phi) is 3.63. The van der Waals surface area contributed by atoms with Crippen molar-refractivity contribution < 1.29 is 18.4 Å². The first-order valence-electron chi connectivity index (χ1n) is 6.51. The third-order valence-electron chi connectivity index (χ3n) is 2.29. The van der Waals surface area contributed by atoms with Crippen LogP contribution in [0.5, 0.6) is 11.9 Å². The van der Waals surface area contributed by atoms with Crippen molar-refractivity contribution in [3.05, 3.63) is 11.3 Å². The second-order valence-corrected chi connectivity index (χ2v) is 15.5. The standard InChI is InChI=1S/C12H20N2O4Si2/c1-19(2,3)17-10-8-7-16-11(15)9(8)13-12(14-10)18-20(4,5)6/h7H2,1-6H3. The second kappa shape index (κ2) is 4.85. The van der Waals surface area contributed by atoms with E-state index in [9.17, 15) is 4.79 Å². The van der Waals surface area contributed by atoms with Crippen molar-refractivity contribution in [3.63, 3.8) is 0 Å². The van der Waals surface area contributed by atoms with Crippen LogP contribution in [0.2, 0.25) is 39.3 Å². The molecule has 0 unspecified atom stereocenters. The summed E-state index contributed by atoms with van der Waals surface area (Å²) in [5.41, 5.74) is 0.891. The first kappa shape index (κ1) is 15.0. The molecule has 2 rings (SSSR count). The Morgan fingerprint density at radius 3 is 2.15 bits per heavy atom. The van der Waals surface area contributed by atoms with E-state index in [0.717, 1.165) is 0 Å². The average Bonchev–Trinajstić information content (AvgIpc) is 2.56. The fourth-order valence-electron chi connectivity index (χ4n) is 1.64. The van der Waals surface area contributed by atoms with Crippen molar-refractivity contribution >= 4 is 22.6 Å². The van der Waals surface area contributed by atoms with Crippen LogP contribution in [-0.4, -0.2) is 32.6 Å². The maximum absolute atomic E-state index is 11.7. The molecule has 6 nitrogen and oxygen atoms in total. The molecule has 0 fully saturated rings. The minimum Gasteiger partial charge on any atom is -0.531 e. The summed E-state index contributed by atoms with van der Waals surface area (Å²) in [6.07, 6.45) is 0. The van der Waals surface area contributed by atoms with Crippen molar-refractivity contribution in [2.75, 3.05) is 0 Å². The number of hydrogen-bond donors (Lipinski definition) is 0. The molecule has 110 valence electrons. The topological polar surface area (TPSA) is 70.5 Å². The molecule has 0 saturated carbocycles. The Morgan fingerprint density at radius 2 is 1.60 bits per heavy atom. The number of esters is 1. The number of ether oxygens (including phenoxy) is 1. The zero-order valence-electron chi connectivity index (χ0n) is 12.7.